The van der Waals surface area contributed by atoms with E-state index in [1.54, 1.807) is 36.4 Å². The summed E-state index contributed by atoms with van der Waals surface area (Å²) in [5.41, 5.74) is 3.19. The number of nitrogens with zero attached hydrogens (tertiary/aromatic N) is 1. The molecule has 29 heavy (non-hydrogen) atoms. The van der Waals surface area contributed by atoms with Crippen LogP contribution in [0.5, 0.6) is 0 Å². The van der Waals surface area contributed by atoms with Gasteiger partial charge in [-0.3, -0.25) is 9.59 Å². The van der Waals surface area contributed by atoms with E-state index in [1.807, 2.05) is 12.3 Å². The normalized spacial score (nSPS) is 15.9. The molecule has 5 rings (SSSR count). The fraction of sp³-hybridized carbons (Fsp3) is 0.273. The van der Waals surface area contributed by atoms with Gasteiger partial charge in [0, 0.05) is 47.8 Å². The molecule has 2 aromatic heterocycles. The van der Waals surface area contributed by atoms with Gasteiger partial charge in [-0.2, -0.15) is 0 Å². The van der Waals surface area contributed by atoms with Crippen LogP contribution in [0.1, 0.15) is 57.8 Å². The first kappa shape index (κ1) is 19.4. The molecule has 0 spiro atoms. The predicted molar refractivity (Wildman–Crippen MR) is 109 cm³/mol. The summed E-state index contributed by atoms with van der Waals surface area (Å²) in [4.78, 5) is 26.2. The first-order chi connectivity index (χ1) is 14.0. The highest BCUT2D eigenvalue weighted by Crippen LogP contribution is 2.26. The van der Waals surface area contributed by atoms with Gasteiger partial charge >= 0.3 is 0 Å². The molecule has 2 heterocycles. The Bertz CT molecular complexity index is 1160. The Hall–Kier alpha value is -2.93. The number of carbonyl (C=O) groups is 2. The van der Waals surface area contributed by atoms with Crippen LogP contribution in [0.15, 0.2) is 59.8 Å². The second-order valence-corrected chi connectivity index (χ2v) is 9.03. The molecule has 6 nitrogen and oxygen atoms in total. The van der Waals surface area contributed by atoms with Crippen LogP contribution in [0, 0.1) is 0 Å². The minimum Gasteiger partial charge on any atom is -0.364 e. The topological polar surface area (TPSA) is 89.0 Å². The molecule has 1 aromatic carbocycles. The van der Waals surface area contributed by atoms with Crippen LogP contribution in [0.2, 0.25) is 0 Å². The van der Waals surface area contributed by atoms with Crippen molar-refractivity contribution in [3.63, 3.8) is 0 Å². The molecule has 0 amide bonds. The monoisotopic (exact) mass is 410 g/mol. The van der Waals surface area contributed by atoms with Gasteiger partial charge < -0.3 is 4.98 Å². The average molecular weight is 410 g/mol. The van der Waals surface area contributed by atoms with Crippen molar-refractivity contribution >= 4 is 21.6 Å². The maximum atomic E-state index is 12.5. The van der Waals surface area contributed by atoms with Crippen molar-refractivity contribution in [1.82, 2.24) is 8.96 Å². The molecule has 2 aliphatic rings. The molecule has 3 aromatic rings. The molecule has 0 saturated carbocycles. The van der Waals surface area contributed by atoms with Crippen LogP contribution in [0.25, 0.3) is 0 Å². The van der Waals surface area contributed by atoms with Gasteiger partial charge in [-0.1, -0.05) is 18.2 Å². The number of benzene rings is 1. The summed E-state index contributed by atoms with van der Waals surface area (Å²) in [6.45, 7) is 0. The standard InChI is InChI=1S/C14H13NO3S.C8H9NO/c16-14-8-4-7-13-12(14)9-10-15(13)19(17,18)11-5-2-1-3-6-11;10-8-3-1-2-7-6(8)4-5-9-7/h1-3,5-6,9-10H,4,7-8H2;4-5,9H,1-3H2. The summed E-state index contributed by atoms with van der Waals surface area (Å²) in [6, 6.07) is 11.8. The zero-order valence-electron chi connectivity index (χ0n) is 15.9. The third kappa shape index (κ3) is 3.70. The SMILES string of the molecule is O=C1CCCc2[nH]ccc21.O=C1CCCc2c1ccn2S(=O)(=O)c1ccccc1. The van der Waals surface area contributed by atoms with Crippen molar-refractivity contribution in [3.8, 4) is 0 Å². The van der Waals surface area contributed by atoms with Crippen LogP contribution in [0.3, 0.4) is 0 Å². The lowest BCUT2D eigenvalue weighted by atomic mass is 9.97. The van der Waals surface area contributed by atoms with Gasteiger partial charge in [-0.25, -0.2) is 12.4 Å². The number of hydrogen-bond donors (Lipinski definition) is 1. The Morgan fingerprint density at radius 2 is 1.48 bits per heavy atom. The van der Waals surface area contributed by atoms with E-state index >= 15 is 0 Å². The lowest BCUT2D eigenvalue weighted by Gasteiger charge is -2.15. The van der Waals surface area contributed by atoms with Gasteiger partial charge in [-0.15, -0.1) is 0 Å². The molecule has 0 unspecified atom stereocenters. The maximum absolute atomic E-state index is 12.5. The van der Waals surface area contributed by atoms with Crippen LogP contribution in [0.4, 0.5) is 0 Å². The molecule has 0 saturated heterocycles. The van der Waals surface area contributed by atoms with E-state index < -0.39 is 10.0 Å². The second-order valence-electron chi connectivity index (χ2n) is 7.21. The number of ketones is 2. The number of aryl methyl sites for hydroxylation is 1. The Kier molecular flexibility index (Phi) is 5.24. The number of rotatable bonds is 2. The van der Waals surface area contributed by atoms with Crippen LogP contribution in [-0.4, -0.2) is 28.9 Å². The number of H-pyrrole nitrogens is 1. The van der Waals surface area contributed by atoms with Gasteiger partial charge in [-0.05, 0) is 49.9 Å². The molecule has 1 N–H and O–H groups in total. The summed E-state index contributed by atoms with van der Waals surface area (Å²) < 4.78 is 26.3. The number of aromatic nitrogens is 2. The first-order valence-electron chi connectivity index (χ1n) is 9.72. The fourth-order valence-corrected chi connectivity index (χ4v) is 5.29. The largest absolute Gasteiger partial charge is 0.364 e. The molecule has 2 aliphatic carbocycles. The highest BCUT2D eigenvalue weighted by molar-refractivity contribution is 7.90. The number of aromatic amines is 1. The molecular weight excluding hydrogens is 388 g/mol. The molecule has 0 aliphatic heterocycles. The summed E-state index contributed by atoms with van der Waals surface area (Å²) in [6.07, 6.45) is 7.93. The predicted octanol–water partition coefficient (Wildman–Crippen LogP) is 3.78. The molecule has 0 atom stereocenters. The zero-order chi connectivity index (χ0) is 20.4. The van der Waals surface area contributed by atoms with Crippen LogP contribution in [-0.2, 0) is 22.9 Å². The molecule has 0 radical (unpaired) electrons. The van der Waals surface area contributed by atoms with Gasteiger partial charge in [0.1, 0.15) is 0 Å². The Morgan fingerprint density at radius 1 is 0.793 bits per heavy atom. The van der Waals surface area contributed by atoms with Crippen molar-refractivity contribution in [1.29, 1.82) is 0 Å². The van der Waals surface area contributed by atoms with E-state index in [9.17, 15) is 18.0 Å². The fourth-order valence-electron chi connectivity index (χ4n) is 3.86. The molecule has 7 heteroatoms. The second kappa shape index (κ2) is 7.83. The van der Waals surface area contributed by atoms with E-state index in [1.165, 1.54) is 10.2 Å². The first-order valence-corrected chi connectivity index (χ1v) is 11.2. The molecule has 0 bridgehead atoms. The Labute approximate surface area is 169 Å². The zero-order valence-corrected chi connectivity index (χ0v) is 16.7. The average Bonchev–Trinajstić information content (AvgIpc) is 3.38. The van der Waals surface area contributed by atoms with E-state index in [-0.39, 0.29) is 10.7 Å². The molecule has 150 valence electrons. The third-order valence-corrected chi connectivity index (χ3v) is 7.06. The quantitative estimate of drug-likeness (QED) is 0.696. The van der Waals surface area contributed by atoms with Gasteiger partial charge in [0.05, 0.1) is 4.90 Å². The molecular formula is C22H22N2O4S. The van der Waals surface area contributed by atoms with E-state index in [4.69, 9.17) is 0 Å². The summed E-state index contributed by atoms with van der Waals surface area (Å²) in [7, 11) is -3.60. The van der Waals surface area contributed by atoms with E-state index in [0.717, 1.165) is 30.5 Å². The lowest BCUT2D eigenvalue weighted by Crippen LogP contribution is -2.19. The molecule has 0 fully saturated rings. The summed E-state index contributed by atoms with van der Waals surface area (Å²) in [5.74, 6) is 0.325. The Balaban J connectivity index is 0.000000171. The number of Topliss-reactive ketones (excluding diaryl/α,β-unsaturated/α-hetero) is 2. The van der Waals surface area contributed by atoms with Crippen molar-refractivity contribution in [2.75, 3.05) is 0 Å². The minimum atomic E-state index is -3.60. The summed E-state index contributed by atoms with van der Waals surface area (Å²) >= 11 is 0. The summed E-state index contributed by atoms with van der Waals surface area (Å²) in [5, 5.41) is 0. The van der Waals surface area contributed by atoms with Crippen molar-refractivity contribution in [3.05, 3.63) is 77.4 Å². The van der Waals surface area contributed by atoms with E-state index in [2.05, 4.69) is 4.98 Å². The van der Waals surface area contributed by atoms with Gasteiger partial charge in [0.25, 0.3) is 10.0 Å². The van der Waals surface area contributed by atoms with Crippen molar-refractivity contribution in [2.45, 2.75) is 43.4 Å². The van der Waals surface area contributed by atoms with Crippen molar-refractivity contribution < 1.29 is 18.0 Å². The number of nitrogens with one attached hydrogen (secondary N) is 1. The smallest absolute Gasteiger partial charge is 0.267 e. The number of carbonyl (C=O) groups excluding carboxylic acids is 2. The number of hydrogen-bond acceptors (Lipinski definition) is 4. The van der Waals surface area contributed by atoms with E-state index in [0.29, 0.717) is 36.3 Å². The highest BCUT2D eigenvalue weighted by Gasteiger charge is 2.26. The third-order valence-electron chi connectivity index (χ3n) is 5.34. The van der Waals surface area contributed by atoms with Gasteiger partial charge in [0.2, 0.25) is 0 Å². The van der Waals surface area contributed by atoms with Crippen molar-refractivity contribution in [2.24, 2.45) is 0 Å². The van der Waals surface area contributed by atoms with Crippen LogP contribution >= 0.6 is 0 Å². The van der Waals surface area contributed by atoms with Crippen LogP contribution < -0.4 is 0 Å². The number of fused-ring (bicyclic) bond motifs is 2. The van der Waals surface area contributed by atoms with Gasteiger partial charge in [0.15, 0.2) is 11.6 Å². The minimum absolute atomic E-state index is 0.0308. The Morgan fingerprint density at radius 3 is 2.21 bits per heavy atom. The maximum Gasteiger partial charge on any atom is 0.267 e. The highest BCUT2D eigenvalue weighted by atomic mass is 32.2. The lowest BCUT2D eigenvalue weighted by molar-refractivity contribution is 0.0964.